The summed E-state index contributed by atoms with van der Waals surface area (Å²) in [5.41, 5.74) is 5.87. The van der Waals surface area contributed by atoms with Crippen LogP contribution in [0.2, 0.25) is 0 Å². The minimum absolute atomic E-state index is 0.349. The Morgan fingerprint density at radius 3 is 2.62 bits per heavy atom. The summed E-state index contributed by atoms with van der Waals surface area (Å²) in [6.45, 7) is 6.19. The van der Waals surface area contributed by atoms with E-state index in [0.717, 1.165) is 28.6 Å². The normalized spacial score (nSPS) is 12.8. The summed E-state index contributed by atoms with van der Waals surface area (Å²) in [7, 11) is 0. The summed E-state index contributed by atoms with van der Waals surface area (Å²) in [6.07, 6.45) is 0.118. The molecule has 0 aliphatic heterocycles. The van der Waals surface area contributed by atoms with Crippen molar-refractivity contribution in [3.05, 3.63) is 64.5 Å². The minimum atomic E-state index is -0.832. The predicted octanol–water partition coefficient (Wildman–Crippen LogP) is 4.09. The number of aliphatic hydroxyl groups excluding tert-OH is 1. The van der Waals surface area contributed by atoms with Gasteiger partial charge in [0.2, 0.25) is 5.89 Å². The van der Waals surface area contributed by atoms with Crippen molar-refractivity contribution < 1.29 is 9.52 Å². The standard InChI is InChI=1S/C18H19NO2/c1-4-13-6-8-15-16(10-13)21-18(19-15)17(20)14-7-5-11(2)12(3)9-14/h5-10,17,20H,4H2,1-3H3. The fourth-order valence-electron chi connectivity index (χ4n) is 2.40. The number of aryl methyl sites for hydroxylation is 3. The van der Waals surface area contributed by atoms with Crippen molar-refractivity contribution in [2.75, 3.05) is 0 Å². The van der Waals surface area contributed by atoms with Crippen LogP contribution in [0.25, 0.3) is 11.1 Å². The molecule has 1 aromatic heterocycles. The third kappa shape index (κ3) is 2.57. The van der Waals surface area contributed by atoms with Crippen molar-refractivity contribution >= 4 is 11.1 Å². The number of benzene rings is 2. The molecule has 1 N–H and O–H groups in total. The predicted molar refractivity (Wildman–Crippen MR) is 83.4 cm³/mol. The topological polar surface area (TPSA) is 46.3 Å². The van der Waals surface area contributed by atoms with Crippen molar-refractivity contribution in [3.8, 4) is 0 Å². The first-order valence-corrected chi connectivity index (χ1v) is 7.23. The van der Waals surface area contributed by atoms with Crippen LogP contribution in [-0.4, -0.2) is 10.1 Å². The van der Waals surface area contributed by atoms with Crippen molar-refractivity contribution in [2.24, 2.45) is 0 Å². The Hall–Kier alpha value is -2.13. The van der Waals surface area contributed by atoms with Crippen LogP contribution >= 0.6 is 0 Å². The second-order valence-electron chi connectivity index (χ2n) is 5.45. The summed E-state index contributed by atoms with van der Waals surface area (Å²) in [5, 5.41) is 10.5. The molecule has 1 unspecified atom stereocenters. The van der Waals surface area contributed by atoms with Crippen LogP contribution in [0.4, 0.5) is 0 Å². The second-order valence-corrected chi connectivity index (χ2v) is 5.45. The van der Waals surface area contributed by atoms with Crippen LogP contribution in [0.5, 0.6) is 0 Å². The van der Waals surface area contributed by atoms with Gasteiger partial charge in [-0.25, -0.2) is 4.98 Å². The van der Waals surface area contributed by atoms with E-state index in [9.17, 15) is 5.11 Å². The highest BCUT2D eigenvalue weighted by Crippen LogP contribution is 2.27. The lowest BCUT2D eigenvalue weighted by atomic mass is 10.0. The molecule has 1 heterocycles. The monoisotopic (exact) mass is 281 g/mol. The van der Waals surface area contributed by atoms with Crippen molar-refractivity contribution in [1.29, 1.82) is 0 Å². The number of aliphatic hydroxyl groups is 1. The Balaban J connectivity index is 2.00. The van der Waals surface area contributed by atoms with E-state index in [1.807, 2.05) is 43.3 Å². The molecule has 0 saturated heterocycles. The number of aromatic nitrogens is 1. The highest BCUT2D eigenvalue weighted by molar-refractivity contribution is 5.73. The third-order valence-corrected chi connectivity index (χ3v) is 3.96. The van der Waals surface area contributed by atoms with Gasteiger partial charge in [0.15, 0.2) is 11.7 Å². The molecule has 3 heteroatoms. The SMILES string of the molecule is CCc1ccc2nc(C(O)c3ccc(C)c(C)c3)oc2c1. The average Bonchev–Trinajstić information content (AvgIpc) is 2.92. The van der Waals surface area contributed by atoms with Gasteiger partial charge in [0.1, 0.15) is 5.52 Å². The van der Waals surface area contributed by atoms with E-state index in [1.54, 1.807) is 0 Å². The number of fused-ring (bicyclic) bond motifs is 1. The molecule has 0 aliphatic carbocycles. The largest absolute Gasteiger partial charge is 0.437 e. The highest BCUT2D eigenvalue weighted by atomic mass is 16.4. The van der Waals surface area contributed by atoms with Gasteiger partial charge in [-0.15, -0.1) is 0 Å². The molecule has 3 aromatic rings. The third-order valence-electron chi connectivity index (χ3n) is 3.96. The van der Waals surface area contributed by atoms with E-state index in [4.69, 9.17) is 4.42 Å². The Bertz CT molecular complexity index is 789. The Kier molecular flexibility index (Phi) is 3.52. The molecule has 1 atom stereocenters. The van der Waals surface area contributed by atoms with E-state index in [0.29, 0.717) is 5.89 Å². The number of oxazole rings is 1. The molecule has 3 nitrogen and oxygen atoms in total. The van der Waals surface area contributed by atoms with E-state index < -0.39 is 6.10 Å². The second kappa shape index (κ2) is 5.34. The lowest BCUT2D eigenvalue weighted by Gasteiger charge is -2.09. The molecule has 0 spiro atoms. The van der Waals surface area contributed by atoms with Gasteiger partial charge in [0.05, 0.1) is 0 Å². The van der Waals surface area contributed by atoms with Gasteiger partial charge in [-0.1, -0.05) is 31.2 Å². The lowest BCUT2D eigenvalue weighted by molar-refractivity contribution is 0.185. The summed E-state index contributed by atoms with van der Waals surface area (Å²) in [5.74, 6) is 0.349. The average molecular weight is 281 g/mol. The van der Waals surface area contributed by atoms with Crippen LogP contribution in [0.1, 0.15) is 41.2 Å². The molecule has 108 valence electrons. The first kappa shape index (κ1) is 13.8. The number of hydrogen-bond acceptors (Lipinski definition) is 3. The van der Waals surface area contributed by atoms with Gasteiger partial charge in [0.25, 0.3) is 0 Å². The van der Waals surface area contributed by atoms with E-state index in [1.165, 1.54) is 11.1 Å². The Morgan fingerprint density at radius 1 is 1.10 bits per heavy atom. The molecule has 2 aromatic carbocycles. The quantitative estimate of drug-likeness (QED) is 0.786. The van der Waals surface area contributed by atoms with Gasteiger partial charge in [-0.2, -0.15) is 0 Å². The van der Waals surface area contributed by atoms with E-state index >= 15 is 0 Å². The highest BCUT2D eigenvalue weighted by Gasteiger charge is 2.18. The minimum Gasteiger partial charge on any atom is -0.437 e. The number of nitrogens with zero attached hydrogens (tertiary/aromatic N) is 1. The first-order valence-electron chi connectivity index (χ1n) is 7.23. The molecule has 0 aliphatic rings. The van der Waals surface area contributed by atoms with Crippen LogP contribution in [0.15, 0.2) is 40.8 Å². The molecule has 0 amide bonds. The smallest absolute Gasteiger partial charge is 0.228 e. The molecule has 0 radical (unpaired) electrons. The summed E-state index contributed by atoms with van der Waals surface area (Å²) in [6, 6.07) is 11.9. The molecule has 0 fully saturated rings. The summed E-state index contributed by atoms with van der Waals surface area (Å²) >= 11 is 0. The zero-order valence-corrected chi connectivity index (χ0v) is 12.6. The fourth-order valence-corrected chi connectivity index (χ4v) is 2.40. The van der Waals surface area contributed by atoms with Gasteiger partial charge in [0, 0.05) is 0 Å². The van der Waals surface area contributed by atoms with Crippen LogP contribution in [0.3, 0.4) is 0 Å². The maximum absolute atomic E-state index is 10.5. The van der Waals surface area contributed by atoms with Crippen molar-refractivity contribution in [3.63, 3.8) is 0 Å². The molecular weight excluding hydrogens is 262 g/mol. The molecule has 3 rings (SSSR count). The van der Waals surface area contributed by atoms with Crippen molar-refractivity contribution in [2.45, 2.75) is 33.3 Å². The maximum atomic E-state index is 10.5. The van der Waals surface area contributed by atoms with Gasteiger partial charge < -0.3 is 9.52 Å². The molecule has 0 bridgehead atoms. The number of rotatable bonds is 3. The molecule has 21 heavy (non-hydrogen) atoms. The van der Waals surface area contributed by atoms with Gasteiger partial charge in [-0.3, -0.25) is 0 Å². The van der Waals surface area contributed by atoms with Crippen LogP contribution in [0, 0.1) is 13.8 Å². The van der Waals surface area contributed by atoms with Crippen LogP contribution < -0.4 is 0 Å². The maximum Gasteiger partial charge on any atom is 0.228 e. The lowest BCUT2D eigenvalue weighted by Crippen LogP contribution is -2.00. The summed E-state index contributed by atoms with van der Waals surface area (Å²) in [4.78, 5) is 4.40. The van der Waals surface area contributed by atoms with Gasteiger partial charge in [-0.05, 0) is 54.7 Å². The first-order chi connectivity index (χ1) is 10.1. The Morgan fingerprint density at radius 2 is 1.90 bits per heavy atom. The zero-order chi connectivity index (χ0) is 15.0. The fraction of sp³-hybridized carbons (Fsp3) is 0.278. The van der Waals surface area contributed by atoms with Crippen molar-refractivity contribution in [1.82, 2.24) is 4.98 Å². The number of hydrogen-bond donors (Lipinski definition) is 1. The summed E-state index contributed by atoms with van der Waals surface area (Å²) < 4.78 is 5.74. The van der Waals surface area contributed by atoms with Gasteiger partial charge >= 0.3 is 0 Å². The van der Waals surface area contributed by atoms with E-state index in [-0.39, 0.29) is 0 Å². The van der Waals surface area contributed by atoms with Crippen LogP contribution in [-0.2, 0) is 6.42 Å². The van der Waals surface area contributed by atoms with E-state index in [2.05, 4.69) is 18.8 Å². The molecule has 0 saturated carbocycles. The Labute approximate surface area is 124 Å². The zero-order valence-electron chi connectivity index (χ0n) is 12.6. The molecular formula is C18H19NO2.